The van der Waals surface area contributed by atoms with E-state index in [0.29, 0.717) is 19.1 Å². The number of fused-ring (bicyclic) bond motifs is 1. The number of hydrogen-bond donors (Lipinski definition) is 3. The lowest BCUT2D eigenvalue weighted by Gasteiger charge is -2.45. The molecule has 0 aromatic carbocycles. The number of aldehydes is 1. The first-order chi connectivity index (χ1) is 7.63. The Hall–Kier alpha value is -0.530. The average Bonchev–Trinajstić information content (AvgIpc) is 2.27. The highest BCUT2D eigenvalue weighted by Crippen LogP contribution is 2.31. The van der Waals surface area contributed by atoms with Crippen molar-refractivity contribution in [1.29, 1.82) is 0 Å². The summed E-state index contributed by atoms with van der Waals surface area (Å²) in [5.74, 6) is 0. The topological polar surface area (TPSA) is 96.2 Å². The molecule has 2 aliphatic heterocycles. The van der Waals surface area contributed by atoms with E-state index in [-0.39, 0.29) is 12.5 Å². The van der Waals surface area contributed by atoms with Gasteiger partial charge in [0.1, 0.15) is 24.6 Å². The van der Waals surface area contributed by atoms with Crippen molar-refractivity contribution in [1.82, 2.24) is 0 Å². The Morgan fingerprint density at radius 3 is 2.56 bits per heavy atom. The van der Waals surface area contributed by atoms with Crippen molar-refractivity contribution >= 4 is 6.29 Å². The smallest absolute Gasteiger partial charge is 0.155 e. The third-order valence-electron chi connectivity index (χ3n) is 3.12. The van der Waals surface area contributed by atoms with E-state index >= 15 is 0 Å². The first-order valence-corrected chi connectivity index (χ1v) is 5.42. The standard InChI is InChI=1S/C10H16O6/c11-4-3-5-8(13)9(14)10-6(15-5)1-2-7(12)16-10/h4-10,12-14H,1-3H2/t5?,6-,7-,8?,9?,10?/m0/s1. The summed E-state index contributed by atoms with van der Waals surface area (Å²) >= 11 is 0. The second-order valence-corrected chi connectivity index (χ2v) is 4.23. The third kappa shape index (κ3) is 2.11. The van der Waals surface area contributed by atoms with E-state index in [1.54, 1.807) is 0 Å². The monoisotopic (exact) mass is 232 g/mol. The van der Waals surface area contributed by atoms with Crippen molar-refractivity contribution in [2.75, 3.05) is 0 Å². The molecule has 2 saturated heterocycles. The van der Waals surface area contributed by atoms with Crippen LogP contribution < -0.4 is 0 Å². The molecule has 2 aliphatic rings. The minimum atomic E-state index is -1.16. The van der Waals surface area contributed by atoms with Crippen LogP contribution >= 0.6 is 0 Å². The molecule has 0 spiro atoms. The Balaban J connectivity index is 2.06. The van der Waals surface area contributed by atoms with E-state index in [2.05, 4.69) is 0 Å². The van der Waals surface area contributed by atoms with Gasteiger partial charge < -0.3 is 29.6 Å². The molecule has 6 nitrogen and oxygen atoms in total. The van der Waals surface area contributed by atoms with Crippen molar-refractivity contribution in [2.24, 2.45) is 0 Å². The third-order valence-corrected chi connectivity index (χ3v) is 3.12. The molecule has 2 heterocycles. The van der Waals surface area contributed by atoms with Gasteiger partial charge in [-0.05, 0) is 6.42 Å². The normalized spacial score (nSPS) is 48.4. The quantitative estimate of drug-likeness (QED) is 0.505. The largest absolute Gasteiger partial charge is 0.388 e. The second-order valence-electron chi connectivity index (χ2n) is 4.23. The maximum atomic E-state index is 10.4. The van der Waals surface area contributed by atoms with Gasteiger partial charge in [-0.25, -0.2) is 0 Å². The first kappa shape index (κ1) is 11.9. The maximum Gasteiger partial charge on any atom is 0.155 e. The Kier molecular flexibility index (Phi) is 3.56. The van der Waals surface area contributed by atoms with E-state index in [1.165, 1.54) is 0 Å². The summed E-state index contributed by atoms with van der Waals surface area (Å²) in [4.78, 5) is 10.4. The molecule has 3 N–H and O–H groups in total. The van der Waals surface area contributed by atoms with Crippen LogP contribution in [0.25, 0.3) is 0 Å². The summed E-state index contributed by atoms with van der Waals surface area (Å²) < 4.78 is 10.6. The summed E-state index contributed by atoms with van der Waals surface area (Å²) in [6.45, 7) is 0. The van der Waals surface area contributed by atoms with Crippen LogP contribution in [0.4, 0.5) is 0 Å². The summed E-state index contributed by atoms with van der Waals surface area (Å²) in [5, 5.41) is 28.8. The van der Waals surface area contributed by atoms with Crippen LogP contribution in [0.2, 0.25) is 0 Å². The zero-order valence-corrected chi connectivity index (χ0v) is 8.73. The van der Waals surface area contributed by atoms with Gasteiger partial charge in [-0.15, -0.1) is 0 Å². The fourth-order valence-electron chi connectivity index (χ4n) is 2.26. The lowest BCUT2D eigenvalue weighted by molar-refractivity contribution is -0.291. The number of carbonyl (C=O) groups is 1. The van der Waals surface area contributed by atoms with Crippen LogP contribution in [-0.4, -0.2) is 58.4 Å². The summed E-state index contributed by atoms with van der Waals surface area (Å²) in [6, 6.07) is 0. The first-order valence-electron chi connectivity index (χ1n) is 5.42. The van der Waals surface area contributed by atoms with Gasteiger partial charge in [0.15, 0.2) is 6.29 Å². The summed E-state index contributed by atoms with van der Waals surface area (Å²) in [6.07, 6.45) is -3.31. The van der Waals surface area contributed by atoms with Gasteiger partial charge in [0.25, 0.3) is 0 Å². The molecule has 4 unspecified atom stereocenters. The predicted molar refractivity (Wildman–Crippen MR) is 51.5 cm³/mol. The summed E-state index contributed by atoms with van der Waals surface area (Å²) in [7, 11) is 0. The van der Waals surface area contributed by atoms with E-state index in [4.69, 9.17) is 9.47 Å². The fraction of sp³-hybridized carbons (Fsp3) is 0.900. The van der Waals surface area contributed by atoms with Crippen molar-refractivity contribution in [3.05, 3.63) is 0 Å². The lowest BCUT2D eigenvalue weighted by atomic mass is 9.90. The summed E-state index contributed by atoms with van der Waals surface area (Å²) in [5.41, 5.74) is 0. The van der Waals surface area contributed by atoms with Crippen LogP contribution in [0.1, 0.15) is 19.3 Å². The van der Waals surface area contributed by atoms with Crippen LogP contribution in [0.5, 0.6) is 0 Å². The predicted octanol–water partition coefficient (Wildman–Crippen LogP) is -1.44. The number of aliphatic hydroxyl groups excluding tert-OH is 3. The van der Waals surface area contributed by atoms with Gasteiger partial charge in [-0.3, -0.25) is 0 Å². The number of aliphatic hydroxyl groups is 3. The van der Waals surface area contributed by atoms with Crippen LogP contribution in [0, 0.1) is 0 Å². The molecule has 2 fully saturated rings. The van der Waals surface area contributed by atoms with Gasteiger partial charge in [0, 0.05) is 12.8 Å². The molecule has 0 bridgehead atoms. The van der Waals surface area contributed by atoms with Crippen molar-refractivity contribution in [3.63, 3.8) is 0 Å². The highest BCUT2D eigenvalue weighted by atomic mass is 16.6. The molecule has 0 radical (unpaired) electrons. The molecule has 2 rings (SSSR count). The highest BCUT2D eigenvalue weighted by Gasteiger charge is 2.47. The minimum Gasteiger partial charge on any atom is -0.388 e. The van der Waals surface area contributed by atoms with Crippen molar-refractivity contribution in [2.45, 2.75) is 56.1 Å². The number of hydrogen-bond acceptors (Lipinski definition) is 6. The maximum absolute atomic E-state index is 10.4. The molecule has 0 amide bonds. The Bertz CT molecular complexity index is 256. The van der Waals surface area contributed by atoms with Gasteiger partial charge in [0.2, 0.25) is 0 Å². The van der Waals surface area contributed by atoms with E-state index in [0.717, 1.165) is 0 Å². The average molecular weight is 232 g/mol. The van der Waals surface area contributed by atoms with Crippen LogP contribution in [0.15, 0.2) is 0 Å². The van der Waals surface area contributed by atoms with Crippen LogP contribution in [-0.2, 0) is 14.3 Å². The Labute approximate surface area is 92.8 Å². The van der Waals surface area contributed by atoms with Gasteiger partial charge in [0.05, 0.1) is 12.2 Å². The van der Waals surface area contributed by atoms with Crippen molar-refractivity contribution in [3.8, 4) is 0 Å². The molecule has 6 atom stereocenters. The van der Waals surface area contributed by atoms with Gasteiger partial charge >= 0.3 is 0 Å². The Morgan fingerprint density at radius 1 is 1.12 bits per heavy atom. The molecule has 0 aliphatic carbocycles. The zero-order valence-electron chi connectivity index (χ0n) is 8.73. The second kappa shape index (κ2) is 4.77. The van der Waals surface area contributed by atoms with E-state index < -0.39 is 30.7 Å². The fourth-order valence-corrected chi connectivity index (χ4v) is 2.26. The van der Waals surface area contributed by atoms with Gasteiger partial charge in [-0.1, -0.05) is 0 Å². The Morgan fingerprint density at radius 2 is 1.88 bits per heavy atom. The minimum absolute atomic E-state index is 0.0456. The molecule has 0 aromatic heterocycles. The van der Waals surface area contributed by atoms with Crippen molar-refractivity contribution < 1.29 is 29.6 Å². The highest BCUT2D eigenvalue weighted by molar-refractivity contribution is 5.50. The zero-order chi connectivity index (χ0) is 11.7. The van der Waals surface area contributed by atoms with E-state index in [9.17, 15) is 20.1 Å². The van der Waals surface area contributed by atoms with Gasteiger partial charge in [-0.2, -0.15) is 0 Å². The number of rotatable bonds is 2. The van der Waals surface area contributed by atoms with E-state index in [1.807, 2.05) is 0 Å². The number of carbonyl (C=O) groups excluding carboxylic acids is 1. The lowest BCUT2D eigenvalue weighted by Crippen LogP contribution is -2.60. The molecule has 6 heteroatoms. The number of ether oxygens (including phenoxy) is 2. The molecule has 16 heavy (non-hydrogen) atoms. The molecular weight excluding hydrogens is 216 g/mol. The SMILES string of the molecule is O=CCC1O[C@H]2CC[C@@H](O)OC2C(O)C1O. The molecule has 0 saturated carbocycles. The molecular formula is C10H16O6. The van der Waals surface area contributed by atoms with Crippen LogP contribution in [0.3, 0.4) is 0 Å². The molecule has 92 valence electrons. The molecule has 0 aromatic rings.